The molecule has 6 aliphatic heterocycles. The monoisotopic (exact) mass is 1640 g/mol. The smallest absolute Gasteiger partial charge is 0.870 e. The van der Waals surface area contributed by atoms with Crippen molar-refractivity contribution in [2.45, 2.75) is 271 Å². The van der Waals surface area contributed by atoms with Crippen LogP contribution in [0.2, 0.25) is 0 Å². The van der Waals surface area contributed by atoms with Gasteiger partial charge in [-0.05, 0) is 237 Å². The molecule has 4 amide bonds. The first kappa shape index (κ1) is 112. The average molecular weight is 1640 g/mol. The number of aldehydes is 2. The number of carboxylic acids is 1. The van der Waals surface area contributed by atoms with Gasteiger partial charge < -0.3 is 105 Å². The molecule has 652 valence electrons. The summed E-state index contributed by atoms with van der Waals surface area (Å²) in [5.41, 5.74) is 5.41. The van der Waals surface area contributed by atoms with Crippen molar-refractivity contribution < 1.29 is 147 Å². The van der Waals surface area contributed by atoms with Crippen molar-refractivity contribution in [3.8, 4) is 0 Å². The van der Waals surface area contributed by atoms with Gasteiger partial charge in [0.1, 0.15) is 35.0 Å². The Morgan fingerprint density at radius 2 is 0.825 bits per heavy atom. The number of ether oxygens (including phenoxy) is 7. The largest absolute Gasteiger partial charge is 1.00 e. The minimum absolute atomic E-state index is 0. The summed E-state index contributed by atoms with van der Waals surface area (Å²) >= 11 is 0. The predicted molar refractivity (Wildman–Crippen MR) is 425 cm³/mol. The molecule has 6 saturated heterocycles. The number of nitrogens with one attached hydrogen (secondary N) is 1. The van der Waals surface area contributed by atoms with Gasteiger partial charge in [-0.25, -0.2) is 29.7 Å². The number of benzene rings is 1. The Morgan fingerprint density at radius 1 is 0.491 bits per heavy atom. The van der Waals surface area contributed by atoms with E-state index in [9.17, 15) is 47.9 Å². The third-order valence-electron chi connectivity index (χ3n) is 19.1. The summed E-state index contributed by atoms with van der Waals surface area (Å²) in [7, 11) is 4.12. The van der Waals surface area contributed by atoms with Crippen molar-refractivity contribution in [1.82, 2.24) is 40.9 Å². The molecular weight excluding hydrogens is 1490 g/mol. The zero-order valence-corrected chi connectivity index (χ0v) is 73.6. The van der Waals surface area contributed by atoms with E-state index in [-0.39, 0.29) is 121 Å². The molecule has 1 aliphatic carbocycles. The first-order chi connectivity index (χ1) is 52.2. The number of carboxylic acid groups (broad SMARTS) is 2. The number of nitrogens with zero attached hydrogens (tertiary/aromatic N) is 6. The van der Waals surface area contributed by atoms with Gasteiger partial charge in [0.15, 0.2) is 0 Å². The van der Waals surface area contributed by atoms with Gasteiger partial charge in [-0.2, -0.15) is 0 Å². The summed E-state index contributed by atoms with van der Waals surface area (Å²) in [6, 6.07) is 12.5. The van der Waals surface area contributed by atoms with Crippen molar-refractivity contribution in [1.29, 1.82) is 0 Å². The fourth-order valence-corrected chi connectivity index (χ4v) is 13.3. The third-order valence-corrected chi connectivity index (χ3v) is 19.1. The quantitative estimate of drug-likeness (QED) is 0.0184. The molecule has 1 aromatic rings. The van der Waals surface area contributed by atoms with Crippen LogP contribution in [0.15, 0.2) is 42.5 Å². The maximum absolute atomic E-state index is 12.2. The Balaban J connectivity index is -0.00000130. The number of methoxy groups -OCH3 is 3. The molecule has 8 rings (SSSR count). The molecule has 0 radical (unpaired) electrons. The Hall–Kier alpha value is -6.63. The van der Waals surface area contributed by atoms with Gasteiger partial charge in [-0.15, -0.1) is 0 Å². The van der Waals surface area contributed by atoms with Crippen LogP contribution in [0.3, 0.4) is 0 Å². The van der Waals surface area contributed by atoms with Crippen LogP contribution in [-0.4, -0.2) is 269 Å². The second kappa shape index (κ2) is 59.9. The number of hydrogen-bond donors (Lipinski definition) is 7. The topological polar surface area (TPSA) is 465 Å². The summed E-state index contributed by atoms with van der Waals surface area (Å²) in [5.74, 6) is -1.96. The summed E-state index contributed by atoms with van der Waals surface area (Å²) in [6.45, 7) is 34.3. The maximum atomic E-state index is 12.2. The number of carbonyl (C=O) groups is 11. The SMILES string of the molecule is CC(C)(C)OC(=O)N1CCC[C@@H](N)CC1.CC(C)(C)OC(=O)N1CCC[C@@H](N2CCC(C(=O)O)CC2)CC1.COC(=O)C(CC=O)CC=O.COC(=O)C1CC=CC1.COC(=O)C1CCN([C@@H]2CCCN(C(=O)OC(C)(C)C)CC2)CC1.C[C@@H](NC1CCCN(C(=O)OC(C)(C)C)CC1)c1ccccc1.N.O=CO.OOO.[Na+].[OH-]. The van der Waals surface area contributed by atoms with Crippen LogP contribution in [0.4, 0.5) is 19.2 Å². The second-order valence-corrected chi connectivity index (χ2v) is 32.5. The number of esters is 3. The van der Waals surface area contributed by atoms with Crippen LogP contribution in [0, 0.1) is 23.7 Å². The van der Waals surface area contributed by atoms with Crippen molar-refractivity contribution >= 4 is 67.3 Å². The van der Waals surface area contributed by atoms with E-state index in [0.717, 1.165) is 194 Å². The summed E-state index contributed by atoms with van der Waals surface area (Å²) in [5, 5.41) is 35.2. The number of aliphatic carboxylic acids is 1. The van der Waals surface area contributed by atoms with E-state index < -0.39 is 40.3 Å². The Morgan fingerprint density at radius 3 is 1.17 bits per heavy atom. The number of piperidine rings is 2. The molecule has 0 bridgehead atoms. The van der Waals surface area contributed by atoms with Crippen LogP contribution >= 0.6 is 0 Å². The van der Waals surface area contributed by atoms with Crippen LogP contribution in [0.25, 0.3) is 0 Å². The molecule has 0 aromatic heterocycles. The minimum atomic E-state index is -0.665. The number of likely N-dealkylation sites (tertiary alicyclic amines) is 6. The summed E-state index contributed by atoms with van der Waals surface area (Å²) in [6.07, 6.45) is 21.4. The van der Waals surface area contributed by atoms with Crippen molar-refractivity contribution in [2.75, 3.05) is 99.9 Å². The van der Waals surface area contributed by atoms with E-state index in [1.54, 1.807) is 4.90 Å². The van der Waals surface area contributed by atoms with E-state index in [1.807, 2.05) is 116 Å². The first-order valence-electron chi connectivity index (χ1n) is 39.2. The van der Waals surface area contributed by atoms with Crippen molar-refractivity contribution in [3.63, 3.8) is 0 Å². The Labute approximate surface area is 699 Å². The number of carbonyl (C=O) groups excluding carboxylic acids is 9. The average Bonchev–Trinajstić information content (AvgIpc) is 1.29. The van der Waals surface area contributed by atoms with Gasteiger partial charge >= 0.3 is 77.8 Å². The molecule has 5 atom stereocenters. The van der Waals surface area contributed by atoms with Gasteiger partial charge in [0.2, 0.25) is 0 Å². The second-order valence-electron chi connectivity index (χ2n) is 32.5. The molecular formula is C80H142N9NaO24. The summed E-state index contributed by atoms with van der Waals surface area (Å²) < 4.78 is 35.5. The normalized spacial score (nSPS) is 20.0. The molecule has 0 spiro atoms. The van der Waals surface area contributed by atoms with Gasteiger partial charge in [0.25, 0.3) is 6.47 Å². The van der Waals surface area contributed by atoms with Gasteiger partial charge in [0, 0.05) is 95.4 Å². The molecule has 0 saturated carbocycles. The van der Waals surface area contributed by atoms with Crippen LogP contribution in [-0.2, 0) is 71.8 Å². The van der Waals surface area contributed by atoms with Gasteiger partial charge in [-0.3, -0.25) is 24.0 Å². The fourth-order valence-electron chi connectivity index (χ4n) is 13.3. The number of amides is 4. The summed E-state index contributed by atoms with van der Waals surface area (Å²) in [4.78, 5) is 133. The molecule has 6 fully saturated rings. The number of nitrogens with two attached hydrogens (primary N) is 1. The Kier molecular flexibility index (Phi) is 58.6. The van der Waals surface area contributed by atoms with Crippen molar-refractivity contribution in [3.05, 3.63) is 48.0 Å². The zero-order valence-electron chi connectivity index (χ0n) is 71.6. The molecule has 114 heavy (non-hydrogen) atoms. The van der Waals surface area contributed by atoms with Crippen LogP contribution in [0.1, 0.15) is 230 Å². The standard InChI is InChI=1S/C19H30N2O2.C18H32N2O4.C17H30N2O4.C11H22N2O2.C7H10O4.C7H10O2.CH2O2.H3N.Na.H2O3.H2O/c1-15(16-9-6-5-7-10-16)20-17-11-8-13-21(14-12-17)18(22)23-19(2,3)4;1-18(2,3)24-17(22)20-10-5-6-15(9-13-20)19-11-7-14(8-12-19)16(21)23-4;1-17(2,3)23-16(22)19-9-4-5-14(8-12-19)18-10-6-13(7-11-18)15(20)21;1-11(2,3)15-10(14)13-7-4-5-9(12)6-8-13;1-11-7(10)6(2-4-8)3-5-9;1-9-7(8)6-4-2-3-5-6;2-1-3;;;1-3-2;/h5-7,9-10,15,17,20H,8,11-14H2,1-4H3;14-15H,5-13H2,1-4H3;13-14H,4-12H2,1-3H3,(H,20,21);9H,4-8,12H2,1-3H3;4-6H,2-3H2,1H3;2-3,6H,4-5H2,1H3;1H,(H,2,3);1H3;;1-2H;1H2/q;;;;;;;;+1;;/p-1/t15-,17?;15-;14-;9-;;;;;;;/m1111......./s1. The molecule has 7 aliphatic rings. The fraction of sp³-hybridized carbons (Fsp3) is 0.762. The predicted octanol–water partition coefficient (Wildman–Crippen LogP) is 8.81. The van der Waals surface area contributed by atoms with E-state index in [0.29, 0.717) is 36.7 Å². The third kappa shape index (κ3) is 49.4. The van der Waals surface area contributed by atoms with Crippen molar-refractivity contribution in [2.24, 2.45) is 29.4 Å². The minimum Gasteiger partial charge on any atom is -0.870 e. The Bertz CT molecular complexity index is 2880. The molecule has 6 heterocycles. The van der Waals surface area contributed by atoms with Gasteiger partial charge in [-0.1, -0.05) is 47.5 Å². The van der Waals surface area contributed by atoms with E-state index in [4.69, 9.17) is 54.9 Å². The molecule has 1 unspecified atom stereocenters. The van der Waals surface area contributed by atoms with E-state index >= 15 is 0 Å². The molecule has 1 aromatic carbocycles. The maximum Gasteiger partial charge on any atom is 1.00 e. The van der Waals surface area contributed by atoms with Gasteiger partial charge in [0.05, 0.1) is 45.0 Å². The van der Waals surface area contributed by atoms with E-state index in [2.05, 4.69) is 60.8 Å². The number of rotatable bonds is 13. The molecule has 11 N–H and O–H groups in total. The zero-order chi connectivity index (χ0) is 83.9. The van der Waals surface area contributed by atoms with Crippen LogP contribution in [0.5, 0.6) is 0 Å². The number of allylic oxidation sites excluding steroid dienone is 2. The molecule has 34 heteroatoms. The van der Waals surface area contributed by atoms with E-state index in [1.165, 1.54) is 26.9 Å². The van der Waals surface area contributed by atoms with Crippen LogP contribution < -0.4 is 46.8 Å². The molecule has 33 nitrogen and oxygen atoms in total. The number of hydrogen-bond acceptors (Lipinski definition) is 27. The first-order valence-corrected chi connectivity index (χ1v) is 39.2.